The van der Waals surface area contributed by atoms with Gasteiger partial charge in [0.1, 0.15) is 5.82 Å². The normalized spacial score (nSPS) is 9.89. The van der Waals surface area contributed by atoms with Crippen LogP contribution in [0, 0.1) is 5.82 Å². The van der Waals surface area contributed by atoms with Crippen LogP contribution in [0.2, 0.25) is 0 Å². The molecule has 0 unspecified atom stereocenters. The largest absolute Gasteiger partial charge is 0.478 e. The first kappa shape index (κ1) is 13.9. The third kappa shape index (κ3) is 4.02. The van der Waals surface area contributed by atoms with Crippen LogP contribution in [-0.4, -0.2) is 37.4 Å². The smallest absolute Gasteiger partial charge is 0.338 e. The number of rotatable bonds is 5. The molecule has 6 nitrogen and oxygen atoms in total. The molecule has 0 atom stereocenters. The van der Waals surface area contributed by atoms with E-state index in [1.807, 2.05) is 0 Å². The van der Waals surface area contributed by atoms with Crippen molar-refractivity contribution in [1.29, 1.82) is 0 Å². The highest BCUT2D eigenvalue weighted by atomic mass is 19.1. The van der Waals surface area contributed by atoms with Gasteiger partial charge >= 0.3 is 12.0 Å². The van der Waals surface area contributed by atoms with Gasteiger partial charge in [0.15, 0.2) is 0 Å². The molecule has 18 heavy (non-hydrogen) atoms. The van der Waals surface area contributed by atoms with Crippen molar-refractivity contribution in [3.63, 3.8) is 0 Å². The molecule has 0 saturated carbocycles. The van der Waals surface area contributed by atoms with Gasteiger partial charge in [0.05, 0.1) is 12.2 Å². The Balaban J connectivity index is 2.65. The molecule has 0 aliphatic carbocycles. The Morgan fingerprint density at radius 2 is 2.17 bits per heavy atom. The standard InChI is InChI=1S/C11H13FN2O4/c1-18-5-4-13-11(17)14-7-2-3-9(12)8(6-7)10(15)16/h2-3,6H,4-5H2,1H3,(H,15,16)(H2,13,14,17). The summed E-state index contributed by atoms with van der Waals surface area (Å²) in [5.41, 5.74) is -0.298. The van der Waals surface area contributed by atoms with Crippen molar-refractivity contribution in [2.45, 2.75) is 0 Å². The molecule has 0 radical (unpaired) electrons. The molecule has 0 fully saturated rings. The van der Waals surface area contributed by atoms with E-state index >= 15 is 0 Å². The van der Waals surface area contributed by atoms with Crippen molar-refractivity contribution in [3.8, 4) is 0 Å². The Hall–Kier alpha value is -2.15. The molecular weight excluding hydrogens is 243 g/mol. The van der Waals surface area contributed by atoms with Gasteiger partial charge in [-0.15, -0.1) is 0 Å². The first-order valence-corrected chi connectivity index (χ1v) is 5.11. The third-order valence-corrected chi connectivity index (χ3v) is 2.05. The van der Waals surface area contributed by atoms with Crippen molar-refractivity contribution < 1.29 is 23.8 Å². The number of carboxylic acid groups (broad SMARTS) is 1. The van der Waals surface area contributed by atoms with Crippen molar-refractivity contribution in [3.05, 3.63) is 29.6 Å². The first-order valence-electron chi connectivity index (χ1n) is 5.11. The summed E-state index contributed by atoms with van der Waals surface area (Å²) in [6.07, 6.45) is 0. The van der Waals surface area contributed by atoms with Gasteiger partial charge in [-0.2, -0.15) is 0 Å². The van der Waals surface area contributed by atoms with Gasteiger partial charge in [0.2, 0.25) is 0 Å². The van der Waals surface area contributed by atoms with E-state index in [0.717, 1.165) is 12.1 Å². The summed E-state index contributed by atoms with van der Waals surface area (Å²) in [5.74, 6) is -2.25. The quantitative estimate of drug-likeness (QED) is 0.693. The second-order valence-electron chi connectivity index (χ2n) is 3.37. The number of urea groups is 1. The monoisotopic (exact) mass is 256 g/mol. The predicted octanol–water partition coefficient (Wildman–Crippen LogP) is 1.29. The molecule has 0 aromatic heterocycles. The van der Waals surface area contributed by atoms with E-state index in [-0.39, 0.29) is 5.69 Å². The molecule has 1 aromatic rings. The maximum absolute atomic E-state index is 13.1. The lowest BCUT2D eigenvalue weighted by Crippen LogP contribution is -2.31. The minimum atomic E-state index is -1.39. The lowest BCUT2D eigenvalue weighted by atomic mass is 10.2. The second kappa shape index (κ2) is 6.55. The Labute approximate surface area is 103 Å². The number of aromatic carboxylic acids is 1. The number of carboxylic acids is 1. The number of halogens is 1. The summed E-state index contributed by atoms with van der Waals surface area (Å²) in [5, 5.41) is 13.6. The summed E-state index contributed by atoms with van der Waals surface area (Å²) in [6.45, 7) is 0.673. The number of hydrogen-bond acceptors (Lipinski definition) is 3. The molecule has 0 saturated heterocycles. The van der Waals surface area contributed by atoms with Crippen LogP contribution in [0.25, 0.3) is 0 Å². The number of carbonyl (C=O) groups excluding carboxylic acids is 1. The fourth-order valence-electron chi connectivity index (χ4n) is 1.21. The fourth-order valence-corrected chi connectivity index (χ4v) is 1.21. The summed E-state index contributed by atoms with van der Waals surface area (Å²) in [6, 6.07) is 2.79. The van der Waals surface area contributed by atoms with Crippen LogP contribution in [-0.2, 0) is 4.74 Å². The fraction of sp³-hybridized carbons (Fsp3) is 0.273. The van der Waals surface area contributed by atoms with Gasteiger partial charge in [-0.1, -0.05) is 0 Å². The van der Waals surface area contributed by atoms with E-state index in [4.69, 9.17) is 9.84 Å². The van der Waals surface area contributed by atoms with E-state index in [2.05, 4.69) is 10.6 Å². The van der Waals surface area contributed by atoms with Crippen molar-refractivity contribution in [1.82, 2.24) is 5.32 Å². The molecule has 98 valence electrons. The van der Waals surface area contributed by atoms with Gasteiger partial charge < -0.3 is 20.5 Å². The van der Waals surface area contributed by atoms with Gasteiger partial charge in [-0.25, -0.2) is 14.0 Å². The predicted molar refractivity (Wildman–Crippen MR) is 62.3 cm³/mol. The van der Waals surface area contributed by atoms with Crippen LogP contribution in [0.5, 0.6) is 0 Å². The van der Waals surface area contributed by atoms with E-state index in [0.29, 0.717) is 13.2 Å². The van der Waals surface area contributed by atoms with E-state index in [1.54, 1.807) is 0 Å². The van der Waals surface area contributed by atoms with Gasteiger partial charge in [0, 0.05) is 19.3 Å². The molecule has 2 amide bonds. The lowest BCUT2D eigenvalue weighted by Gasteiger charge is -2.08. The minimum absolute atomic E-state index is 0.198. The first-order chi connectivity index (χ1) is 8.54. The summed E-state index contributed by atoms with van der Waals surface area (Å²) < 4.78 is 17.8. The maximum Gasteiger partial charge on any atom is 0.338 e. The van der Waals surface area contributed by atoms with Crippen LogP contribution >= 0.6 is 0 Å². The highest BCUT2D eigenvalue weighted by Crippen LogP contribution is 2.14. The van der Waals surface area contributed by atoms with Crippen molar-refractivity contribution >= 4 is 17.7 Å². The van der Waals surface area contributed by atoms with Gasteiger partial charge in [-0.3, -0.25) is 0 Å². The van der Waals surface area contributed by atoms with Crippen LogP contribution in [0.3, 0.4) is 0 Å². The number of hydrogen-bond donors (Lipinski definition) is 3. The second-order valence-corrected chi connectivity index (χ2v) is 3.37. The molecule has 1 rings (SSSR count). The SMILES string of the molecule is COCCNC(=O)Nc1ccc(F)c(C(=O)O)c1. The van der Waals surface area contributed by atoms with Crippen molar-refractivity contribution in [2.24, 2.45) is 0 Å². The average molecular weight is 256 g/mol. The van der Waals surface area contributed by atoms with Crippen LogP contribution < -0.4 is 10.6 Å². The summed E-state index contributed by atoms with van der Waals surface area (Å²) in [7, 11) is 1.50. The Bertz CT molecular complexity index is 451. The van der Waals surface area contributed by atoms with Crippen LogP contribution in [0.4, 0.5) is 14.9 Å². The summed E-state index contributed by atoms with van der Waals surface area (Å²) in [4.78, 5) is 22.0. The number of anilines is 1. The highest BCUT2D eigenvalue weighted by molar-refractivity contribution is 5.93. The van der Waals surface area contributed by atoms with E-state index < -0.39 is 23.4 Å². The molecule has 3 N–H and O–H groups in total. The zero-order chi connectivity index (χ0) is 13.5. The number of benzene rings is 1. The number of nitrogens with one attached hydrogen (secondary N) is 2. The summed E-state index contributed by atoms with van der Waals surface area (Å²) >= 11 is 0. The number of carbonyl (C=O) groups is 2. The van der Waals surface area contributed by atoms with E-state index in [9.17, 15) is 14.0 Å². The Morgan fingerprint density at radius 3 is 2.78 bits per heavy atom. The van der Waals surface area contributed by atoms with Crippen molar-refractivity contribution in [2.75, 3.05) is 25.6 Å². The number of amides is 2. The average Bonchev–Trinajstić information content (AvgIpc) is 2.31. The van der Waals surface area contributed by atoms with Gasteiger partial charge in [-0.05, 0) is 18.2 Å². The number of ether oxygens (including phenoxy) is 1. The molecule has 0 bridgehead atoms. The topological polar surface area (TPSA) is 87.7 Å². The zero-order valence-electron chi connectivity index (χ0n) is 9.70. The lowest BCUT2D eigenvalue weighted by molar-refractivity contribution is 0.0692. The minimum Gasteiger partial charge on any atom is -0.478 e. The van der Waals surface area contributed by atoms with Crippen LogP contribution in [0.1, 0.15) is 10.4 Å². The zero-order valence-corrected chi connectivity index (χ0v) is 9.70. The molecule has 1 aromatic carbocycles. The van der Waals surface area contributed by atoms with Gasteiger partial charge in [0.25, 0.3) is 0 Å². The molecule has 0 aliphatic heterocycles. The Kier molecular flexibility index (Phi) is 5.06. The third-order valence-electron chi connectivity index (χ3n) is 2.05. The highest BCUT2D eigenvalue weighted by Gasteiger charge is 2.11. The number of methoxy groups -OCH3 is 1. The molecule has 7 heteroatoms. The molecule has 0 spiro atoms. The molecular formula is C11H13FN2O4. The maximum atomic E-state index is 13.1. The molecule has 0 heterocycles. The molecule has 0 aliphatic rings. The van der Waals surface area contributed by atoms with E-state index in [1.165, 1.54) is 13.2 Å². The van der Waals surface area contributed by atoms with Crippen LogP contribution in [0.15, 0.2) is 18.2 Å². The Morgan fingerprint density at radius 1 is 1.44 bits per heavy atom.